The molecular weight excluding hydrogens is 288 g/mol. The fourth-order valence-electron chi connectivity index (χ4n) is 2.20. The van der Waals surface area contributed by atoms with Crippen molar-refractivity contribution < 1.29 is 22.7 Å². The SMILES string of the molecule is CC(CN(CCO)CC(F)(F)F)C(N)c1ccccc1F. The van der Waals surface area contributed by atoms with Gasteiger partial charge in [-0.2, -0.15) is 13.2 Å². The summed E-state index contributed by atoms with van der Waals surface area (Å²) in [5, 5.41) is 8.85. The van der Waals surface area contributed by atoms with E-state index in [1.54, 1.807) is 13.0 Å². The van der Waals surface area contributed by atoms with Crippen molar-refractivity contribution in [3.05, 3.63) is 35.6 Å². The lowest BCUT2D eigenvalue weighted by molar-refractivity contribution is -0.148. The van der Waals surface area contributed by atoms with E-state index in [0.29, 0.717) is 0 Å². The smallest absolute Gasteiger partial charge is 0.395 e. The highest BCUT2D eigenvalue weighted by Gasteiger charge is 2.32. The highest BCUT2D eigenvalue weighted by molar-refractivity contribution is 5.21. The zero-order valence-electron chi connectivity index (χ0n) is 11.8. The van der Waals surface area contributed by atoms with Crippen LogP contribution in [0.2, 0.25) is 0 Å². The average molecular weight is 308 g/mol. The monoisotopic (exact) mass is 308 g/mol. The molecule has 21 heavy (non-hydrogen) atoms. The van der Waals surface area contributed by atoms with Crippen LogP contribution in [0, 0.1) is 11.7 Å². The molecule has 2 atom stereocenters. The maximum atomic E-state index is 13.6. The van der Waals surface area contributed by atoms with Gasteiger partial charge in [0.25, 0.3) is 0 Å². The van der Waals surface area contributed by atoms with Crippen molar-refractivity contribution in [1.82, 2.24) is 4.90 Å². The Balaban J connectivity index is 2.72. The van der Waals surface area contributed by atoms with E-state index in [4.69, 9.17) is 10.8 Å². The second-order valence-corrected chi connectivity index (χ2v) is 5.10. The van der Waals surface area contributed by atoms with E-state index in [9.17, 15) is 17.6 Å². The summed E-state index contributed by atoms with van der Waals surface area (Å²) in [5.41, 5.74) is 6.22. The van der Waals surface area contributed by atoms with E-state index in [-0.39, 0.29) is 25.3 Å². The van der Waals surface area contributed by atoms with Crippen LogP contribution in [-0.2, 0) is 0 Å². The molecule has 120 valence electrons. The molecule has 0 aromatic heterocycles. The van der Waals surface area contributed by atoms with E-state index < -0.39 is 30.5 Å². The van der Waals surface area contributed by atoms with Crippen molar-refractivity contribution in [2.45, 2.75) is 19.1 Å². The number of nitrogens with two attached hydrogens (primary N) is 1. The van der Waals surface area contributed by atoms with Crippen LogP contribution in [0.15, 0.2) is 24.3 Å². The molecule has 0 spiro atoms. The van der Waals surface area contributed by atoms with E-state index in [1.165, 1.54) is 18.2 Å². The Morgan fingerprint density at radius 2 is 1.90 bits per heavy atom. The lowest BCUT2D eigenvalue weighted by Gasteiger charge is -2.29. The van der Waals surface area contributed by atoms with Gasteiger partial charge >= 0.3 is 6.18 Å². The number of rotatable bonds is 7. The lowest BCUT2D eigenvalue weighted by atomic mass is 9.94. The van der Waals surface area contributed by atoms with Crippen molar-refractivity contribution in [2.75, 3.05) is 26.2 Å². The number of aliphatic hydroxyl groups is 1. The van der Waals surface area contributed by atoms with Gasteiger partial charge < -0.3 is 10.8 Å². The molecular formula is C14H20F4N2O. The molecule has 0 amide bonds. The Bertz CT molecular complexity index is 439. The zero-order chi connectivity index (χ0) is 16.0. The van der Waals surface area contributed by atoms with Gasteiger partial charge in [-0.15, -0.1) is 0 Å². The molecule has 7 heteroatoms. The van der Waals surface area contributed by atoms with Crippen LogP contribution < -0.4 is 5.73 Å². The van der Waals surface area contributed by atoms with E-state index in [1.807, 2.05) is 0 Å². The summed E-state index contributed by atoms with van der Waals surface area (Å²) in [6, 6.07) is 5.24. The summed E-state index contributed by atoms with van der Waals surface area (Å²) < 4.78 is 51.0. The van der Waals surface area contributed by atoms with Gasteiger partial charge in [-0.1, -0.05) is 25.1 Å². The Hall–Kier alpha value is -1.18. The number of hydrogen-bond acceptors (Lipinski definition) is 3. The first-order valence-electron chi connectivity index (χ1n) is 6.64. The van der Waals surface area contributed by atoms with Crippen LogP contribution in [-0.4, -0.2) is 42.4 Å². The van der Waals surface area contributed by atoms with Crippen LogP contribution in [0.5, 0.6) is 0 Å². The van der Waals surface area contributed by atoms with Gasteiger partial charge in [0.2, 0.25) is 0 Å². The molecule has 0 saturated heterocycles. The minimum atomic E-state index is -4.35. The maximum absolute atomic E-state index is 13.6. The molecule has 2 unspecified atom stereocenters. The highest BCUT2D eigenvalue weighted by atomic mass is 19.4. The minimum absolute atomic E-state index is 0.0234. The summed E-state index contributed by atoms with van der Waals surface area (Å²) in [7, 11) is 0. The number of nitrogens with zero attached hydrogens (tertiary/aromatic N) is 1. The summed E-state index contributed by atoms with van der Waals surface area (Å²) in [6.07, 6.45) is -4.35. The van der Waals surface area contributed by atoms with E-state index >= 15 is 0 Å². The molecule has 0 heterocycles. The fraction of sp³-hybridized carbons (Fsp3) is 0.571. The molecule has 0 aliphatic carbocycles. The summed E-state index contributed by atoms with van der Waals surface area (Å²) >= 11 is 0. The van der Waals surface area contributed by atoms with Crippen molar-refractivity contribution in [2.24, 2.45) is 11.7 Å². The third-order valence-electron chi connectivity index (χ3n) is 3.24. The Labute approximate surface area is 121 Å². The van der Waals surface area contributed by atoms with Gasteiger partial charge in [0.05, 0.1) is 13.2 Å². The van der Waals surface area contributed by atoms with Crippen molar-refractivity contribution >= 4 is 0 Å². The number of alkyl halides is 3. The molecule has 3 nitrogen and oxygen atoms in total. The Kier molecular flexibility index (Phi) is 6.57. The molecule has 0 saturated carbocycles. The predicted octanol–water partition coefficient (Wildman–Crippen LogP) is 2.32. The van der Waals surface area contributed by atoms with Gasteiger partial charge in [-0.25, -0.2) is 4.39 Å². The quantitative estimate of drug-likeness (QED) is 0.760. The first-order chi connectivity index (χ1) is 9.74. The number of aliphatic hydroxyl groups excluding tert-OH is 1. The second-order valence-electron chi connectivity index (χ2n) is 5.10. The van der Waals surface area contributed by atoms with Crippen LogP contribution in [0.3, 0.4) is 0 Å². The van der Waals surface area contributed by atoms with Crippen molar-refractivity contribution in [1.29, 1.82) is 0 Å². The number of hydrogen-bond donors (Lipinski definition) is 2. The normalized spacial score (nSPS) is 15.2. The summed E-state index contributed by atoms with van der Waals surface area (Å²) in [6.45, 7) is 0.0842. The number of benzene rings is 1. The van der Waals surface area contributed by atoms with Crippen LogP contribution >= 0.6 is 0 Å². The second kappa shape index (κ2) is 7.72. The number of halogens is 4. The molecule has 1 aromatic carbocycles. The third kappa shape index (κ3) is 5.99. The average Bonchev–Trinajstić information content (AvgIpc) is 2.36. The zero-order valence-corrected chi connectivity index (χ0v) is 11.8. The molecule has 3 N–H and O–H groups in total. The largest absolute Gasteiger partial charge is 0.401 e. The molecule has 1 rings (SSSR count). The fourth-order valence-corrected chi connectivity index (χ4v) is 2.20. The Morgan fingerprint density at radius 1 is 1.29 bits per heavy atom. The van der Waals surface area contributed by atoms with Gasteiger partial charge in [0, 0.05) is 24.7 Å². The topological polar surface area (TPSA) is 49.5 Å². The van der Waals surface area contributed by atoms with Crippen LogP contribution in [0.25, 0.3) is 0 Å². The first kappa shape index (κ1) is 17.9. The molecule has 0 fully saturated rings. The van der Waals surface area contributed by atoms with Gasteiger partial charge in [0.1, 0.15) is 5.82 Å². The lowest BCUT2D eigenvalue weighted by Crippen LogP contribution is -2.41. The minimum Gasteiger partial charge on any atom is -0.395 e. The summed E-state index contributed by atoms with van der Waals surface area (Å²) in [4.78, 5) is 1.07. The molecule has 0 aliphatic heterocycles. The standard InChI is InChI=1S/C14H20F4N2O/c1-10(8-20(6-7-21)9-14(16,17)18)13(19)11-4-2-3-5-12(11)15/h2-5,10,13,21H,6-9,19H2,1H3. The third-order valence-corrected chi connectivity index (χ3v) is 3.24. The first-order valence-corrected chi connectivity index (χ1v) is 6.64. The van der Waals surface area contributed by atoms with Crippen molar-refractivity contribution in [3.8, 4) is 0 Å². The highest BCUT2D eigenvalue weighted by Crippen LogP contribution is 2.24. The molecule has 1 aromatic rings. The van der Waals surface area contributed by atoms with E-state index in [0.717, 1.165) is 4.90 Å². The molecule has 0 aliphatic rings. The van der Waals surface area contributed by atoms with Crippen LogP contribution in [0.4, 0.5) is 17.6 Å². The van der Waals surface area contributed by atoms with Gasteiger partial charge in [-0.05, 0) is 12.0 Å². The Morgan fingerprint density at radius 3 is 2.43 bits per heavy atom. The molecule has 0 bridgehead atoms. The van der Waals surface area contributed by atoms with Gasteiger partial charge in [0.15, 0.2) is 0 Å². The van der Waals surface area contributed by atoms with Crippen LogP contribution in [0.1, 0.15) is 18.5 Å². The maximum Gasteiger partial charge on any atom is 0.401 e. The van der Waals surface area contributed by atoms with Crippen molar-refractivity contribution in [3.63, 3.8) is 0 Å². The van der Waals surface area contributed by atoms with E-state index in [2.05, 4.69) is 0 Å². The predicted molar refractivity (Wildman–Crippen MR) is 72.1 cm³/mol. The summed E-state index contributed by atoms with van der Waals surface area (Å²) in [5.74, 6) is -0.864. The van der Waals surface area contributed by atoms with Gasteiger partial charge in [-0.3, -0.25) is 4.90 Å². The molecule has 0 radical (unpaired) electrons.